The van der Waals surface area contributed by atoms with E-state index in [2.05, 4.69) is 30.7 Å². The number of likely N-dealkylation sites (N-methyl/N-ethyl adjacent to an activating group) is 2. The van der Waals surface area contributed by atoms with Crippen molar-refractivity contribution in [1.82, 2.24) is 9.80 Å². The molecule has 2 aliphatic rings. The van der Waals surface area contributed by atoms with Crippen LogP contribution in [0.4, 0.5) is 0 Å². The fraction of sp³-hybridized carbons (Fsp3) is 1.00. The Bertz CT molecular complexity index is 307. The Hall–Kier alpha value is -0.120. The number of rotatable bonds is 6. The normalized spacial score (nSPS) is 35.3. The van der Waals surface area contributed by atoms with Gasteiger partial charge in [-0.25, -0.2) is 0 Å². The first-order chi connectivity index (χ1) is 10.1. The van der Waals surface area contributed by atoms with Crippen molar-refractivity contribution >= 4 is 0 Å². The fourth-order valence-corrected chi connectivity index (χ4v) is 4.64. The van der Waals surface area contributed by atoms with Gasteiger partial charge >= 0.3 is 0 Å². The van der Waals surface area contributed by atoms with Crippen LogP contribution in [0, 0.1) is 5.92 Å². The summed E-state index contributed by atoms with van der Waals surface area (Å²) in [7, 11) is 2.34. The average Bonchev–Trinajstić information content (AvgIpc) is 2.83. The van der Waals surface area contributed by atoms with Gasteiger partial charge in [0.2, 0.25) is 0 Å². The molecule has 124 valence electrons. The molecule has 1 saturated carbocycles. The van der Waals surface area contributed by atoms with E-state index >= 15 is 0 Å². The SMILES string of the molecule is CCC1CCCC(CN)(N(C)CC2CCCN2CC)CC1. The maximum atomic E-state index is 6.28. The van der Waals surface area contributed by atoms with Gasteiger partial charge in [0.05, 0.1) is 0 Å². The van der Waals surface area contributed by atoms with Gasteiger partial charge in [0.25, 0.3) is 0 Å². The molecular formula is C18H37N3. The molecule has 1 heterocycles. The lowest BCUT2D eigenvalue weighted by atomic mass is 9.87. The molecule has 0 radical (unpaired) electrons. The molecule has 1 aliphatic heterocycles. The minimum absolute atomic E-state index is 0.270. The Labute approximate surface area is 132 Å². The molecule has 0 aromatic rings. The topological polar surface area (TPSA) is 32.5 Å². The highest BCUT2D eigenvalue weighted by atomic mass is 15.3. The molecule has 0 amide bonds. The van der Waals surface area contributed by atoms with E-state index in [1.165, 1.54) is 71.0 Å². The Kier molecular flexibility index (Phi) is 6.51. The minimum atomic E-state index is 0.270. The number of hydrogen-bond donors (Lipinski definition) is 1. The van der Waals surface area contributed by atoms with Crippen molar-refractivity contribution in [3.63, 3.8) is 0 Å². The molecule has 2 rings (SSSR count). The lowest BCUT2D eigenvalue weighted by Crippen LogP contribution is -2.55. The molecular weight excluding hydrogens is 258 g/mol. The van der Waals surface area contributed by atoms with Crippen molar-refractivity contribution in [3.05, 3.63) is 0 Å². The molecule has 1 aliphatic carbocycles. The maximum Gasteiger partial charge on any atom is 0.0329 e. The average molecular weight is 296 g/mol. The van der Waals surface area contributed by atoms with Crippen LogP contribution in [0.2, 0.25) is 0 Å². The molecule has 21 heavy (non-hydrogen) atoms. The highest BCUT2D eigenvalue weighted by Crippen LogP contribution is 2.35. The van der Waals surface area contributed by atoms with Gasteiger partial charge in [0.1, 0.15) is 0 Å². The van der Waals surface area contributed by atoms with Crippen LogP contribution < -0.4 is 5.73 Å². The molecule has 3 nitrogen and oxygen atoms in total. The van der Waals surface area contributed by atoms with Crippen molar-refractivity contribution in [2.45, 2.75) is 76.8 Å². The Morgan fingerprint density at radius 2 is 1.95 bits per heavy atom. The fourth-order valence-electron chi connectivity index (χ4n) is 4.64. The van der Waals surface area contributed by atoms with Gasteiger partial charge in [-0.15, -0.1) is 0 Å². The number of likely N-dealkylation sites (tertiary alicyclic amines) is 1. The molecule has 0 bridgehead atoms. The molecule has 0 spiro atoms. The monoisotopic (exact) mass is 295 g/mol. The maximum absolute atomic E-state index is 6.28. The van der Waals surface area contributed by atoms with E-state index in [0.717, 1.165) is 18.5 Å². The smallest absolute Gasteiger partial charge is 0.0329 e. The molecule has 3 heteroatoms. The summed E-state index contributed by atoms with van der Waals surface area (Å²) in [5.74, 6) is 0.936. The van der Waals surface area contributed by atoms with Gasteiger partial charge in [0.15, 0.2) is 0 Å². The molecule has 2 N–H and O–H groups in total. The van der Waals surface area contributed by atoms with E-state index in [4.69, 9.17) is 5.73 Å². The molecule has 0 aromatic carbocycles. The first-order valence-electron chi connectivity index (χ1n) is 9.30. The summed E-state index contributed by atoms with van der Waals surface area (Å²) in [5.41, 5.74) is 6.55. The standard InChI is InChI=1S/C18H37N3/c1-4-16-8-6-11-18(15-19,12-10-16)20(3)14-17-9-7-13-21(17)5-2/h16-17H,4-15,19H2,1-3H3. The lowest BCUT2D eigenvalue weighted by Gasteiger charge is -2.43. The third-order valence-electron chi connectivity index (χ3n) is 6.43. The van der Waals surface area contributed by atoms with Crippen LogP contribution in [-0.2, 0) is 0 Å². The molecule has 1 saturated heterocycles. The second-order valence-corrected chi connectivity index (χ2v) is 7.44. The summed E-state index contributed by atoms with van der Waals surface area (Å²) in [6.45, 7) is 9.19. The van der Waals surface area contributed by atoms with Crippen molar-refractivity contribution in [2.75, 3.05) is 33.2 Å². The second-order valence-electron chi connectivity index (χ2n) is 7.44. The Morgan fingerprint density at radius 3 is 2.62 bits per heavy atom. The second kappa shape index (κ2) is 7.94. The van der Waals surface area contributed by atoms with Crippen LogP contribution in [-0.4, -0.2) is 54.6 Å². The first-order valence-corrected chi connectivity index (χ1v) is 9.30. The number of hydrogen-bond acceptors (Lipinski definition) is 3. The van der Waals surface area contributed by atoms with E-state index in [0.29, 0.717) is 0 Å². The van der Waals surface area contributed by atoms with E-state index in [1.807, 2.05) is 0 Å². The molecule has 2 fully saturated rings. The first kappa shape index (κ1) is 17.2. The Morgan fingerprint density at radius 1 is 1.14 bits per heavy atom. The van der Waals surface area contributed by atoms with E-state index < -0.39 is 0 Å². The number of nitrogens with two attached hydrogens (primary N) is 1. The van der Waals surface area contributed by atoms with E-state index in [-0.39, 0.29) is 5.54 Å². The van der Waals surface area contributed by atoms with Gasteiger partial charge in [-0.05, 0) is 58.2 Å². The van der Waals surface area contributed by atoms with Crippen LogP contribution in [0.5, 0.6) is 0 Å². The van der Waals surface area contributed by atoms with Crippen LogP contribution >= 0.6 is 0 Å². The van der Waals surface area contributed by atoms with E-state index in [9.17, 15) is 0 Å². The van der Waals surface area contributed by atoms with Crippen LogP contribution in [0.3, 0.4) is 0 Å². The van der Waals surface area contributed by atoms with Gasteiger partial charge in [-0.1, -0.05) is 33.1 Å². The lowest BCUT2D eigenvalue weighted by molar-refractivity contribution is 0.0762. The van der Waals surface area contributed by atoms with Crippen molar-refractivity contribution in [3.8, 4) is 0 Å². The van der Waals surface area contributed by atoms with Crippen molar-refractivity contribution in [2.24, 2.45) is 11.7 Å². The summed E-state index contributed by atoms with van der Waals surface area (Å²) < 4.78 is 0. The zero-order valence-electron chi connectivity index (χ0n) is 14.6. The van der Waals surface area contributed by atoms with Crippen LogP contribution in [0.15, 0.2) is 0 Å². The zero-order valence-corrected chi connectivity index (χ0v) is 14.6. The summed E-state index contributed by atoms with van der Waals surface area (Å²) in [5, 5.41) is 0. The van der Waals surface area contributed by atoms with Gasteiger partial charge < -0.3 is 5.73 Å². The molecule has 3 atom stereocenters. The quantitative estimate of drug-likeness (QED) is 0.764. The predicted octanol–water partition coefficient (Wildman–Crippen LogP) is 3.09. The van der Waals surface area contributed by atoms with Gasteiger partial charge in [0, 0.05) is 24.7 Å². The minimum Gasteiger partial charge on any atom is -0.329 e. The van der Waals surface area contributed by atoms with Gasteiger partial charge in [-0.3, -0.25) is 9.80 Å². The summed E-state index contributed by atoms with van der Waals surface area (Å²) in [6.07, 6.45) is 10.8. The summed E-state index contributed by atoms with van der Waals surface area (Å²) in [6, 6.07) is 0.758. The third kappa shape index (κ3) is 4.00. The van der Waals surface area contributed by atoms with E-state index in [1.54, 1.807) is 0 Å². The largest absolute Gasteiger partial charge is 0.329 e. The summed E-state index contributed by atoms with van der Waals surface area (Å²) >= 11 is 0. The molecule has 3 unspecified atom stereocenters. The highest BCUT2D eigenvalue weighted by molar-refractivity contribution is 4.95. The van der Waals surface area contributed by atoms with Crippen molar-refractivity contribution in [1.29, 1.82) is 0 Å². The molecule has 0 aromatic heterocycles. The zero-order chi connectivity index (χ0) is 15.3. The number of nitrogens with zero attached hydrogens (tertiary/aromatic N) is 2. The van der Waals surface area contributed by atoms with Gasteiger partial charge in [-0.2, -0.15) is 0 Å². The highest BCUT2D eigenvalue weighted by Gasteiger charge is 2.37. The van der Waals surface area contributed by atoms with Crippen LogP contribution in [0.1, 0.15) is 65.2 Å². The Balaban J connectivity index is 1.98. The third-order valence-corrected chi connectivity index (χ3v) is 6.43. The summed E-state index contributed by atoms with van der Waals surface area (Å²) in [4.78, 5) is 5.30. The van der Waals surface area contributed by atoms with Crippen molar-refractivity contribution < 1.29 is 0 Å². The predicted molar refractivity (Wildman–Crippen MR) is 91.6 cm³/mol. The van der Waals surface area contributed by atoms with Crippen LogP contribution in [0.25, 0.3) is 0 Å².